The molecule has 0 amide bonds. The Labute approximate surface area is 136 Å². The van der Waals surface area contributed by atoms with Gasteiger partial charge in [-0.3, -0.25) is 4.79 Å². The van der Waals surface area contributed by atoms with Crippen molar-refractivity contribution in [2.45, 2.75) is 64.3 Å². The molecule has 1 aliphatic heterocycles. The highest BCUT2D eigenvalue weighted by atomic mass is 16.7. The molecule has 1 fully saturated rings. The van der Waals surface area contributed by atoms with Crippen LogP contribution in [-0.4, -0.2) is 58.4 Å². The number of carbonyl (C=O) groups is 1. The summed E-state index contributed by atoms with van der Waals surface area (Å²) in [7, 11) is 0. The predicted molar refractivity (Wildman–Crippen MR) is 84.7 cm³/mol. The Hall–Kier alpha value is -1.25. The maximum absolute atomic E-state index is 11.3. The molecule has 0 aliphatic carbocycles. The fourth-order valence-corrected chi connectivity index (χ4v) is 2.42. The lowest BCUT2D eigenvalue weighted by atomic mass is 9.99. The summed E-state index contributed by atoms with van der Waals surface area (Å²) in [4.78, 5) is 11.3. The molecule has 7 heteroatoms. The van der Waals surface area contributed by atoms with E-state index in [4.69, 9.17) is 15.2 Å². The average molecular weight is 329 g/mol. The van der Waals surface area contributed by atoms with Crippen LogP contribution in [0, 0.1) is 0 Å². The van der Waals surface area contributed by atoms with E-state index in [1.807, 2.05) is 0 Å². The molecule has 1 saturated heterocycles. The van der Waals surface area contributed by atoms with Crippen LogP contribution in [0.1, 0.15) is 33.6 Å². The quantitative estimate of drug-likeness (QED) is 0.306. The third-order valence-corrected chi connectivity index (χ3v) is 4.03. The molecule has 0 aromatic rings. The second-order valence-corrected chi connectivity index (χ2v) is 5.86. The molecule has 0 bridgehead atoms. The molecule has 132 valence electrons. The summed E-state index contributed by atoms with van der Waals surface area (Å²) in [6, 6.07) is -0.483. The summed E-state index contributed by atoms with van der Waals surface area (Å²) in [6.45, 7) is 7.97. The van der Waals surface area contributed by atoms with Gasteiger partial charge in [-0.1, -0.05) is 6.58 Å². The van der Waals surface area contributed by atoms with E-state index in [9.17, 15) is 20.1 Å². The number of ether oxygens (including phenoxy) is 2. The van der Waals surface area contributed by atoms with Gasteiger partial charge in [0.15, 0.2) is 12.1 Å². The van der Waals surface area contributed by atoms with Crippen molar-refractivity contribution in [2.75, 3.05) is 6.61 Å². The van der Waals surface area contributed by atoms with Gasteiger partial charge in [0.2, 0.25) is 0 Å². The highest BCUT2D eigenvalue weighted by Crippen LogP contribution is 2.25. The SMILES string of the molecule is C=C(C(C)=O)/C(O)=C(\C)[C@H](CCO)O[C@H]1C[C@H](N)[C@H](O)[C@H](C)O1. The van der Waals surface area contributed by atoms with Gasteiger partial charge < -0.3 is 30.5 Å². The molecular formula is C16H27NO6. The molecule has 1 rings (SSSR count). The van der Waals surface area contributed by atoms with Gasteiger partial charge in [-0.15, -0.1) is 0 Å². The van der Waals surface area contributed by atoms with E-state index in [0.29, 0.717) is 5.57 Å². The van der Waals surface area contributed by atoms with Crippen molar-refractivity contribution in [3.63, 3.8) is 0 Å². The number of Topliss-reactive ketones (excluding diaryl/α,β-unsaturated/α-hetero) is 1. The van der Waals surface area contributed by atoms with Gasteiger partial charge in [0, 0.05) is 25.5 Å². The summed E-state index contributed by atoms with van der Waals surface area (Å²) in [6.07, 6.45) is -2.08. The van der Waals surface area contributed by atoms with Crippen molar-refractivity contribution in [3.8, 4) is 0 Å². The van der Waals surface area contributed by atoms with Crippen molar-refractivity contribution < 1.29 is 29.6 Å². The predicted octanol–water partition coefficient (Wildman–Crippen LogP) is 0.554. The Morgan fingerprint density at radius 1 is 1.48 bits per heavy atom. The van der Waals surface area contributed by atoms with Crippen LogP contribution >= 0.6 is 0 Å². The van der Waals surface area contributed by atoms with Crippen molar-refractivity contribution in [3.05, 3.63) is 23.5 Å². The molecule has 5 atom stereocenters. The number of allylic oxidation sites excluding steroid dienone is 1. The first kappa shape index (κ1) is 19.8. The lowest BCUT2D eigenvalue weighted by Crippen LogP contribution is -2.52. The van der Waals surface area contributed by atoms with Crippen molar-refractivity contribution in [2.24, 2.45) is 5.73 Å². The maximum Gasteiger partial charge on any atom is 0.162 e. The van der Waals surface area contributed by atoms with Crippen LogP contribution in [-0.2, 0) is 14.3 Å². The van der Waals surface area contributed by atoms with E-state index in [1.165, 1.54) is 6.92 Å². The highest BCUT2D eigenvalue weighted by Gasteiger charge is 2.35. The van der Waals surface area contributed by atoms with Gasteiger partial charge >= 0.3 is 0 Å². The van der Waals surface area contributed by atoms with Crippen molar-refractivity contribution in [1.29, 1.82) is 0 Å². The minimum absolute atomic E-state index is 0.0147. The number of nitrogens with two attached hydrogens (primary N) is 1. The van der Waals surface area contributed by atoms with Crippen LogP contribution in [0.2, 0.25) is 0 Å². The summed E-state index contributed by atoms with van der Waals surface area (Å²) < 4.78 is 11.3. The Morgan fingerprint density at radius 3 is 2.57 bits per heavy atom. The molecule has 0 aromatic carbocycles. The lowest BCUT2D eigenvalue weighted by Gasteiger charge is -2.37. The Morgan fingerprint density at radius 2 is 2.09 bits per heavy atom. The Bertz CT molecular complexity index is 463. The minimum Gasteiger partial charge on any atom is -0.507 e. The second kappa shape index (κ2) is 8.56. The van der Waals surface area contributed by atoms with Crippen LogP contribution in [0.3, 0.4) is 0 Å². The van der Waals surface area contributed by atoms with Gasteiger partial charge in [-0.25, -0.2) is 0 Å². The van der Waals surface area contributed by atoms with Gasteiger partial charge in [-0.05, 0) is 26.3 Å². The maximum atomic E-state index is 11.3. The van der Waals surface area contributed by atoms with Crippen LogP contribution in [0.4, 0.5) is 0 Å². The third-order valence-electron chi connectivity index (χ3n) is 4.03. The molecule has 1 aliphatic rings. The zero-order chi connectivity index (χ0) is 17.7. The summed E-state index contributed by atoms with van der Waals surface area (Å²) in [5.41, 5.74) is 6.22. The van der Waals surface area contributed by atoms with Gasteiger partial charge in [0.05, 0.1) is 23.9 Å². The second-order valence-electron chi connectivity index (χ2n) is 5.86. The zero-order valence-electron chi connectivity index (χ0n) is 13.9. The first-order valence-corrected chi connectivity index (χ1v) is 7.64. The van der Waals surface area contributed by atoms with Crippen molar-refractivity contribution >= 4 is 5.78 Å². The fraction of sp³-hybridized carbons (Fsp3) is 0.688. The van der Waals surface area contributed by atoms with Crippen LogP contribution in [0.5, 0.6) is 0 Å². The topological polar surface area (TPSA) is 122 Å². The smallest absolute Gasteiger partial charge is 0.162 e. The number of aliphatic hydroxyl groups excluding tert-OH is 3. The van der Waals surface area contributed by atoms with E-state index in [2.05, 4.69) is 6.58 Å². The molecule has 7 nitrogen and oxygen atoms in total. The van der Waals surface area contributed by atoms with Crippen LogP contribution in [0.15, 0.2) is 23.5 Å². The largest absolute Gasteiger partial charge is 0.507 e. The Kier molecular flexibility index (Phi) is 7.37. The number of hydrogen-bond acceptors (Lipinski definition) is 7. The van der Waals surface area contributed by atoms with E-state index < -0.39 is 30.6 Å². The van der Waals surface area contributed by atoms with E-state index in [0.717, 1.165) is 0 Å². The van der Waals surface area contributed by atoms with Crippen LogP contribution in [0.25, 0.3) is 0 Å². The molecule has 5 N–H and O–H groups in total. The number of carbonyl (C=O) groups excluding carboxylic acids is 1. The van der Waals surface area contributed by atoms with Gasteiger partial charge in [0.1, 0.15) is 5.76 Å². The molecule has 23 heavy (non-hydrogen) atoms. The van der Waals surface area contributed by atoms with E-state index in [-0.39, 0.29) is 36.6 Å². The molecule has 1 heterocycles. The average Bonchev–Trinajstić information content (AvgIpc) is 2.49. The first-order chi connectivity index (χ1) is 10.7. The van der Waals surface area contributed by atoms with Gasteiger partial charge in [0.25, 0.3) is 0 Å². The summed E-state index contributed by atoms with van der Waals surface area (Å²) >= 11 is 0. The number of aliphatic hydroxyl groups is 3. The van der Waals surface area contributed by atoms with E-state index >= 15 is 0 Å². The summed E-state index contributed by atoms with van der Waals surface area (Å²) in [5, 5.41) is 29.1. The third kappa shape index (κ3) is 5.12. The highest BCUT2D eigenvalue weighted by molar-refractivity contribution is 5.96. The normalized spacial score (nSPS) is 30.5. The zero-order valence-corrected chi connectivity index (χ0v) is 13.9. The first-order valence-electron chi connectivity index (χ1n) is 7.64. The monoisotopic (exact) mass is 329 g/mol. The fourth-order valence-electron chi connectivity index (χ4n) is 2.42. The van der Waals surface area contributed by atoms with Crippen LogP contribution < -0.4 is 5.73 Å². The minimum atomic E-state index is -0.770. The van der Waals surface area contributed by atoms with Crippen molar-refractivity contribution in [1.82, 2.24) is 0 Å². The molecular weight excluding hydrogens is 302 g/mol. The molecule has 0 unspecified atom stereocenters. The standard InChI is InChI=1S/C16H27NO6/c1-8(10(3)19)15(20)9(2)13(5-6-18)23-14-7-12(17)16(21)11(4)22-14/h11-14,16,18,20-21H,1,5-7,17H2,2-4H3/b15-9-/t11-,12-,13-,14-,16+/m0/s1. The molecule has 0 saturated carbocycles. The number of ketones is 1. The lowest BCUT2D eigenvalue weighted by molar-refractivity contribution is -0.235. The molecule has 0 aromatic heterocycles. The molecule has 0 radical (unpaired) electrons. The Balaban J connectivity index is 2.88. The number of hydrogen-bond donors (Lipinski definition) is 4. The molecule has 0 spiro atoms. The number of rotatable bonds is 7. The van der Waals surface area contributed by atoms with Gasteiger partial charge in [-0.2, -0.15) is 0 Å². The summed E-state index contributed by atoms with van der Waals surface area (Å²) in [5.74, 6) is -0.596. The van der Waals surface area contributed by atoms with E-state index in [1.54, 1.807) is 13.8 Å².